The third-order valence-electron chi connectivity index (χ3n) is 2.32. The molecule has 0 unspecified atom stereocenters. The SMILES string of the molecule is [CH2]C(=O)c1ccc(N(CC)CC)cc1. The normalized spacial score (nSPS) is 9.93. The van der Waals surface area contributed by atoms with Crippen LogP contribution < -0.4 is 4.90 Å². The summed E-state index contributed by atoms with van der Waals surface area (Å²) in [7, 11) is 0. The number of nitrogens with zero attached hydrogens (tertiary/aromatic N) is 1. The van der Waals surface area contributed by atoms with Crippen molar-refractivity contribution in [1.29, 1.82) is 0 Å². The predicted octanol–water partition coefficient (Wildman–Crippen LogP) is 2.55. The first kappa shape index (κ1) is 10.8. The molecule has 1 radical (unpaired) electrons. The molecule has 0 saturated heterocycles. The summed E-state index contributed by atoms with van der Waals surface area (Å²) >= 11 is 0. The summed E-state index contributed by atoms with van der Waals surface area (Å²) in [6.45, 7) is 9.56. The molecule has 14 heavy (non-hydrogen) atoms. The lowest BCUT2D eigenvalue weighted by Crippen LogP contribution is -2.21. The molecule has 0 heterocycles. The fourth-order valence-electron chi connectivity index (χ4n) is 1.45. The molecule has 1 rings (SSSR count). The minimum absolute atomic E-state index is 0.129. The minimum atomic E-state index is -0.129. The topological polar surface area (TPSA) is 20.3 Å². The molecular weight excluding hydrogens is 174 g/mol. The first-order chi connectivity index (χ1) is 6.69. The van der Waals surface area contributed by atoms with Crippen LogP contribution in [0.3, 0.4) is 0 Å². The largest absolute Gasteiger partial charge is 0.372 e. The van der Waals surface area contributed by atoms with Crippen LogP contribution >= 0.6 is 0 Å². The molecular formula is C12H16NO. The summed E-state index contributed by atoms with van der Waals surface area (Å²) in [4.78, 5) is 13.2. The number of hydrogen-bond donors (Lipinski definition) is 0. The molecule has 0 saturated carbocycles. The monoisotopic (exact) mass is 190 g/mol. The number of rotatable bonds is 4. The van der Waals surface area contributed by atoms with Gasteiger partial charge in [-0.15, -0.1) is 0 Å². The Kier molecular flexibility index (Phi) is 3.69. The summed E-state index contributed by atoms with van der Waals surface area (Å²) < 4.78 is 0. The standard InChI is InChI=1S/C12H16NO/c1-4-13(5-2)12-8-6-11(7-9-12)10(3)14/h6-9H,3-5H2,1-2H3. The number of anilines is 1. The first-order valence-corrected chi connectivity index (χ1v) is 4.90. The molecule has 75 valence electrons. The van der Waals surface area contributed by atoms with Crippen molar-refractivity contribution in [3.63, 3.8) is 0 Å². The lowest BCUT2D eigenvalue weighted by atomic mass is 10.1. The highest BCUT2D eigenvalue weighted by Gasteiger charge is 2.02. The van der Waals surface area contributed by atoms with Gasteiger partial charge >= 0.3 is 0 Å². The van der Waals surface area contributed by atoms with Gasteiger partial charge in [0.05, 0.1) is 0 Å². The first-order valence-electron chi connectivity index (χ1n) is 4.90. The highest BCUT2D eigenvalue weighted by molar-refractivity contribution is 5.99. The van der Waals surface area contributed by atoms with Crippen molar-refractivity contribution in [3.05, 3.63) is 36.8 Å². The van der Waals surface area contributed by atoms with Crippen LogP contribution in [-0.4, -0.2) is 18.9 Å². The second-order valence-corrected chi connectivity index (χ2v) is 3.14. The van der Waals surface area contributed by atoms with E-state index in [4.69, 9.17) is 0 Å². The van der Waals surface area contributed by atoms with Gasteiger partial charge in [-0.1, -0.05) is 0 Å². The average Bonchev–Trinajstić information content (AvgIpc) is 2.20. The second-order valence-electron chi connectivity index (χ2n) is 3.14. The van der Waals surface area contributed by atoms with Crippen LogP contribution in [-0.2, 0) is 0 Å². The third-order valence-corrected chi connectivity index (χ3v) is 2.32. The van der Waals surface area contributed by atoms with E-state index in [-0.39, 0.29) is 5.78 Å². The number of carbonyl (C=O) groups is 1. The Morgan fingerprint density at radius 3 is 2.07 bits per heavy atom. The van der Waals surface area contributed by atoms with Crippen LogP contribution in [0.25, 0.3) is 0 Å². The van der Waals surface area contributed by atoms with E-state index in [1.54, 1.807) is 0 Å². The van der Waals surface area contributed by atoms with Gasteiger partial charge < -0.3 is 4.90 Å². The Balaban J connectivity index is 2.87. The van der Waals surface area contributed by atoms with Gasteiger partial charge in [-0.3, -0.25) is 4.79 Å². The average molecular weight is 190 g/mol. The lowest BCUT2D eigenvalue weighted by Gasteiger charge is -2.20. The molecule has 0 spiro atoms. The van der Waals surface area contributed by atoms with Crippen molar-refractivity contribution in [2.24, 2.45) is 0 Å². The maximum Gasteiger partial charge on any atom is 0.163 e. The fraction of sp³-hybridized carbons (Fsp3) is 0.333. The van der Waals surface area contributed by atoms with Gasteiger partial charge in [0.1, 0.15) is 0 Å². The lowest BCUT2D eigenvalue weighted by molar-refractivity contribution is 0.104. The maximum atomic E-state index is 10.9. The second kappa shape index (κ2) is 4.80. The van der Waals surface area contributed by atoms with E-state index >= 15 is 0 Å². The van der Waals surface area contributed by atoms with E-state index in [2.05, 4.69) is 25.7 Å². The number of hydrogen-bond acceptors (Lipinski definition) is 2. The van der Waals surface area contributed by atoms with E-state index in [1.165, 1.54) is 0 Å². The molecule has 2 heteroatoms. The Labute approximate surface area is 85.5 Å². The number of carbonyl (C=O) groups excluding carboxylic acids is 1. The zero-order chi connectivity index (χ0) is 10.6. The van der Waals surface area contributed by atoms with Crippen LogP contribution in [0.1, 0.15) is 24.2 Å². The zero-order valence-electron chi connectivity index (χ0n) is 8.79. The zero-order valence-corrected chi connectivity index (χ0v) is 8.79. The van der Waals surface area contributed by atoms with Gasteiger partial charge in [0, 0.05) is 31.3 Å². The predicted molar refractivity (Wildman–Crippen MR) is 59.7 cm³/mol. The smallest absolute Gasteiger partial charge is 0.163 e. The summed E-state index contributed by atoms with van der Waals surface area (Å²) in [5.41, 5.74) is 1.82. The maximum absolute atomic E-state index is 10.9. The highest BCUT2D eigenvalue weighted by atomic mass is 16.1. The third kappa shape index (κ3) is 2.34. The van der Waals surface area contributed by atoms with Crippen LogP contribution in [0, 0.1) is 6.92 Å². The van der Waals surface area contributed by atoms with E-state index in [0.717, 1.165) is 18.8 Å². The molecule has 2 nitrogen and oxygen atoms in total. The van der Waals surface area contributed by atoms with Crippen molar-refractivity contribution >= 4 is 11.5 Å². The van der Waals surface area contributed by atoms with Crippen molar-refractivity contribution in [1.82, 2.24) is 0 Å². The van der Waals surface area contributed by atoms with Crippen LogP contribution in [0.15, 0.2) is 24.3 Å². The van der Waals surface area contributed by atoms with E-state index in [1.807, 2.05) is 24.3 Å². The fourth-order valence-corrected chi connectivity index (χ4v) is 1.45. The van der Waals surface area contributed by atoms with Crippen molar-refractivity contribution in [3.8, 4) is 0 Å². The summed E-state index contributed by atoms with van der Waals surface area (Å²) in [5.74, 6) is -0.129. The Bertz CT molecular complexity index is 299. The molecule has 0 aliphatic rings. The summed E-state index contributed by atoms with van der Waals surface area (Å²) in [6, 6.07) is 7.57. The molecule has 0 fully saturated rings. The summed E-state index contributed by atoms with van der Waals surface area (Å²) in [5, 5.41) is 0. The van der Waals surface area contributed by atoms with E-state index in [0.29, 0.717) is 5.56 Å². The minimum Gasteiger partial charge on any atom is -0.372 e. The van der Waals surface area contributed by atoms with Crippen molar-refractivity contribution in [2.75, 3.05) is 18.0 Å². The molecule has 0 atom stereocenters. The van der Waals surface area contributed by atoms with Crippen molar-refractivity contribution < 1.29 is 4.79 Å². The molecule has 0 aliphatic heterocycles. The van der Waals surface area contributed by atoms with E-state index in [9.17, 15) is 4.79 Å². The number of Topliss-reactive ketones (excluding diaryl/α,β-unsaturated/α-hetero) is 1. The molecule has 1 aromatic rings. The van der Waals surface area contributed by atoms with Crippen LogP contribution in [0.4, 0.5) is 5.69 Å². The molecule has 1 aromatic carbocycles. The van der Waals surface area contributed by atoms with Gasteiger partial charge in [-0.05, 0) is 38.1 Å². The Morgan fingerprint density at radius 2 is 1.71 bits per heavy atom. The van der Waals surface area contributed by atoms with Crippen LogP contribution in [0.5, 0.6) is 0 Å². The van der Waals surface area contributed by atoms with Crippen LogP contribution in [0.2, 0.25) is 0 Å². The number of benzene rings is 1. The Hall–Kier alpha value is -1.31. The van der Waals surface area contributed by atoms with E-state index < -0.39 is 0 Å². The van der Waals surface area contributed by atoms with Gasteiger partial charge in [-0.2, -0.15) is 0 Å². The van der Waals surface area contributed by atoms with Gasteiger partial charge in [0.2, 0.25) is 0 Å². The quantitative estimate of drug-likeness (QED) is 0.680. The van der Waals surface area contributed by atoms with Gasteiger partial charge in [0.25, 0.3) is 0 Å². The molecule has 0 bridgehead atoms. The molecule has 0 N–H and O–H groups in total. The summed E-state index contributed by atoms with van der Waals surface area (Å²) in [6.07, 6.45) is 0. The Morgan fingerprint density at radius 1 is 1.21 bits per heavy atom. The highest BCUT2D eigenvalue weighted by Crippen LogP contribution is 2.14. The molecule has 0 aliphatic carbocycles. The van der Waals surface area contributed by atoms with Gasteiger partial charge in [0.15, 0.2) is 5.78 Å². The number of ketones is 1. The van der Waals surface area contributed by atoms with Gasteiger partial charge in [-0.25, -0.2) is 0 Å². The molecule has 0 aromatic heterocycles. The molecule has 0 amide bonds. The van der Waals surface area contributed by atoms with Crippen molar-refractivity contribution in [2.45, 2.75) is 13.8 Å².